The molecule has 0 saturated carbocycles. The average molecular weight is 208 g/mol. The predicted octanol–water partition coefficient (Wildman–Crippen LogP) is 2.43. The van der Waals surface area contributed by atoms with Gasteiger partial charge in [-0.3, -0.25) is 0 Å². The molecule has 0 aromatic carbocycles. The molecule has 1 N–H and O–H groups in total. The highest BCUT2D eigenvalue weighted by Crippen LogP contribution is 2.27. The molecule has 0 atom stereocenters. The molecule has 2 aromatic rings. The van der Waals surface area contributed by atoms with Crippen molar-refractivity contribution in [1.82, 2.24) is 10.3 Å². The van der Waals surface area contributed by atoms with Gasteiger partial charge in [0.2, 0.25) is 0 Å². The summed E-state index contributed by atoms with van der Waals surface area (Å²) in [5.74, 6) is 0.712. The summed E-state index contributed by atoms with van der Waals surface area (Å²) in [6, 6.07) is 4.19. The third-order valence-electron chi connectivity index (χ3n) is 1.88. The summed E-state index contributed by atoms with van der Waals surface area (Å²) in [7, 11) is 1.94. The van der Waals surface area contributed by atoms with Crippen LogP contribution in [-0.2, 0) is 6.54 Å². The molecule has 2 heterocycles. The van der Waals surface area contributed by atoms with Crippen LogP contribution < -0.4 is 5.32 Å². The van der Waals surface area contributed by atoms with E-state index in [1.807, 2.05) is 14.0 Å². The number of aryl methyl sites for hydroxylation is 1. The Morgan fingerprint density at radius 3 is 3.00 bits per heavy atom. The van der Waals surface area contributed by atoms with Crippen LogP contribution in [0.2, 0.25) is 0 Å². The van der Waals surface area contributed by atoms with Crippen LogP contribution in [-0.4, -0.2) is 12.0 Å². The molecule has 0 aliphatic heterocycles. The van der Waals surface area contributed by atoms with Gasteiger partial charge in [0, 0.05) is 18.3 Å². The molecule has 3 nitrogen and oxygen atoms in total. The molecule has 14 heavy (non-hydrogen) atoms. The minimum atomic E-state index is 0.712. The topological polar surface area (TPSA) is 38.1 Å². The number of hydrogen-bond acceptors (Lipinski definition) is 4. The fraction of sp³-hybridized carbons (Fsp3) is 0.300. The van der Waals surface area contributed by atoms with Gasteiger partial charge in [0.15, 0.2) is 5.89 Å². The fourth-order valence-corrected chi connectivity index (χ4v) is 2.23. The first-order chi connectivity index (χ1) is 6.79. The maximum Gasteiger partial charge on any atom is 0.191 e. The fourth-order valence-electron chi connectivity index (χ4n) is 1.26. The first-order valence-corrected chi connectivity index (χ1v) is 5.27. The molecule has 0 aliphatic rings. The van der Waals surface area contributed by atoms with Crippen molar-refractivity contribution in [3.05, 3.63) is 29.2 Å². The molecule has 0 saturated heterocycles. The number of oxazole rings is 1. The molecule has 0 radical (unpaired) electrons. The molecular formula is C10H12N2OS. The summed E-state index contributed by atoms with van der Waals surface area (Å²) in [6.07, 6.45) is 1.70. The first-order valence-electron chi connectivity index (χ1n) is 4.45. The van der Waals surface area contributed by atoms with Gasteiger partial charge in [0.25, 0.3) is 0 Å². The number of nitrogens with zero attached hydrogens (tertiary/aromatic N) is 1. The zero-order valence-corrected chi connectivity index (χ0v) is 9.02. The Morgan fingerprint density at radius 1 is 1.50 bits per heavy atom. The van der Waals surface area contributed by atoms with Crippen molar-refractivity contribution < 1.29 is 4.42 Å². The Balaban J connectivity index is 2.24. The summed E-state index contributed by atoms with van der Waals surface area (Å²) in [5, 5.41) is 3.12. The average Bonchev–Trinajstić information content (AvgIpc) is 2.74. The second kappa shape index (κ2) is 3.94. The van der Waals surface area contributed by atoms with E-state index in [1.165, 1.54) is 4.88 Å². The molecule has 0 fully saturated rings. The quantitative estimate of drug-likeness (QED) is 0.841. The van der Waals surface area contributed by atoms with E-state index in [1.54, 1.807) is 17.6 Å². The highest BCUT2D eigenvalue weighted by atomic mass is 32.1. The normalized spacial score (nSPS) is 10.7. The lowest BCUT2D eigenvalue weighted by Crippen LogP contribution is -2.02. The lowest BCUT2D eigenvalue weighted by atomic mass is 10.3. The van der Waals surface area contributed by atoms with Gasteiger partial charge in [-0.25, -0.2) is 4.98 Å². The summed E-state index contributed by atoms with van der Waals surface area (Å²) >= 11 is 1.74. The van der Waals surface area contributed by atoms with Crippen molar-refractivity contribution in [2.75, 3.05) is 7.05 Å². The van der Waals surface area contributed by atoms with Crippen molar-refractivity contribution in [1.29, 1.82) is 0 Å². The minimum Gasteiger partial charge on any atom is -0.449 e. The van der Waals surface area contributed by atoms with Crippen LogP contribution in [0.15, 0.2) is 22.8 Å². The summed E-state index contributed by atoms with van der Waals surface area (Å²) in [4.78, 5) is 6.75. The smallest absolute Gasteiger partial charge is 0.191 e. The van der Waals surface area contributed by atoms with Crippen LogP contribution in [0, 0.1) is 6.92 Å². The zero-order chi connectivity index (χ0) is 9.97. The molecule has 74 valence electrons. The first kappa shape index (κ1) is 9.43. The van der Waals surface area contributed by atoms with Crippen molar-refractivity contribution in [3.8, 4) is 10.6 Å². The van der Waals surface area contributed by atoms with E-state index >= 15 is 0 Å². The van der Waals surface area contributed by atoms with E-state index in [2.05, 4.69) is 22.4 Å². The Bertz CT molecular complexity index is 419. The van der Waals surface area contributed by atoms with Gasteiger partial charge in [-0.2, -0.15) is 0 Å². The zero-order valence-electron chi connectivity index (χ0n) is 8.20. The number of thiophene rings is 1. The maximum absolute atomic E-state index is 5.17. The van der Waals surface area contributed by atoms with Gasteiger partial charge in [-0.1, -0.05) is 0 Å². The van der Waals surface area contributed by atoms with E-state index in [9.17, 15) is 0 Å². The van der Waals surface area contributed by atoms with Crippen LogP contribution in [0.4, 0.5) is 0 Å². The van der Waals surface area contributed by atoms with Gasteiger partial charge < -0.3 is 9.73 Å². The lowest BCUT2D eigenvalue weighted by Gasteiger charge is -1.91. The summed E-state index contributed by atoms with van der Waals surface area (Å²) < 4.78 is 5.17. The van der Waals surface area contributed by atoms with Crippen LogP contribution in [0.3, 0.4) is 0 Å². The van der Waals surface area contributed by atoms with Crippen LogP contribution >= 0.6 is 11.3 Å². The second-order valence-corrected chi connectivity index (χ2v) is 4.22. The Hall–Kier alpha value is -1.13. The number of hydrogen-bond donors (Lipinski definition) is 1. The number of rotatable bonds is 3. The third kappa shape index (κ3) is 1.86. The van der Waals surface area contributed by atoms with Crippen LogP contribution in [0.25, 0.3) is 10.6 Å². The molecule has 4 heteroatoms. The molecule has 0 aliphatic carbocycles. The molecule has 0 bridgehead atoms. The largest absolute Gasteiger partial charge is 0.449 e. The Labute approximate surface area is 86.8 Å². The number of nitrogens with one attached hydrogen (secondary N) is 1. The third-order valence-corrected chi connectivity index (χ3v) is 2.99. The molecule has 0 spiro atoms. The second-order valence-electron chi connectivity index (χ2n) is 3.05. The Morgan fingerprint density at radius 2 is 2.36 bits per heavy atom. The number of aromatic nitrogens is 1. The summed E-state index contributed by atoms with van der Waals surface area (Å²) in [6.45, 7) is 2.76. The monoisotopic (exact) mass is 208 g/mol. The Kier molecular flexibility index (Phi) is 2.65. The van der Waals surface area contributed by atoms with Crippen LogP contribution in [0.5, 0.6) is 0 Å². The van der Waals surface area contributed by atoms with E-state index < -0.39 is 0 Å². The highest BCUT2D eigenvalue weighted by molar-refractivity contribution is 7.15. The lowest BCUT2D eigenvalue weighted by molar-refractivity contribution is 0.521. The van der Waals surface area contributed by atoms with Gasteiger partial charge >= 0.3 is 0 Å². The molecule has 0 amide bonds. The van der Waals surface area contributed by atoms with E-state index in [4.69, 9.17) is 4.42 Å². The SMILES string of the molecule is CNCc1ccc(-c2coc(C)n2)s1. The van der Waals surface area contributed by atoms with Crippen molar-refractivity contribution in [3.63, 3.8) is 0 Å². The van der Waals surface area contributed by atoms with E-state index in [-0.39, 0.29) is 0 Å². The van der Waals surface area contributed by atoms with Crippen LogP contribution in [0.1, 0.15) is 10.8 Å². The van der Waals surface area contributed by atoms with E-state index in [0.717, 1.165) is 17.1 Å². The van der Waals surface area contributed by atoms with Gasteiger partial charge in [0.05, 0.1) is 4.88 Å². The molecule has 2 aromatic heterocycles. The van der Waals surface area contributed by atoms with Gasteiger partial charge in [-0.15, -0.1) is 11.3 Å². The molecular weight excluding hydrogens is 196 g/mol. The standard InChI is InChI=1S/C10H12N2OS/c1-7-12-9(6-13-7)10-4-3-8(14-10)5-11-2/h3-4,6,11H,5H2,1-2H3. The van der Waals surface area contributed by atoms with E-state index in [0.29, 0.717) is 5.89 Å². The highest BCUT2D eigenvalue weighted by Gasteiger charge is 2.06. The van der Waals surface area contributed by atoms with Crippen molar-refractivity contribution >= 4 is 11.3 Å². The van der Waals surface area contributed by atoms with Crippen molar-refractivity contribution in [2.24, 2.45) is 0 Å². The molecule has 2 rings (SSSR count). The predicted molar refractivity (Wildman–Crippen MR) is 57.3 cm³/mol. The summed E-state index contributed by atoms with van der Waals surface area (Å²) in [5.41, 5.74) is 0.926. The molecule has 0 unspecified atom stereocenters. The van der Waals surface area contributed by atoms with Gasteiger partial charge in [0.1, 0.15) is 12.0 Å². The minimum absolute atomic E-state index is 0.712. The maximum atomic E-state index is 5.17. The van der Waals surface area contributed by atoms with Crippen molar-refractivity contribution in [2.45, 2.75) is 13.5 Å². The van der Waals surface area contributed by atoms with Gasteiger partial charge in [-0.05, 0) is 19.2 Å².